The standard InChI is InChI=1S/C12H22BNO2/c1-2-3-5-10(12(15)16-13)7-8-11-6-4-9-14-11/h10-11,14H,2-9H2,1H3/t10?,11-/m0/s1. The van der Waals surface area contributed by atoms with Crippen molar-refractivity contribution in [2.75, 3.05) is 6.54 Å². The number of hydrogen-bond acceptors (Lipinski definition) is 3. The largest absolute Gasteiger partial charge is 0.543 e. The van der Waals surface area contributed by atoms with E-state index in [0.29, 0.717) is 6.04 Å². The molecule has 0 amide bonds. The first-order valence-electron chi connectivity index (χ1n) is 6.41. The van der Waals surface area contributed by atoms with Gasteiger partial charge in [-0.05, 0) is 38.6 Å². The van der Waals surface area contributed by atoms with E-state index in [-0.39, 0.29) is 11.9 Å². The summed E-state index contributed by atoms with van der Waals surface area (Å²) >= 11 is 0. The van der Waals surface area contributed by atoms with Crippen LogP contribution in [0.25, 0.3) is 0 Å². The zero-order valence-electron chi connectivity index (χ0n) is 10.2. The van der Waals surface area contributed by atoms with Gasteiger partial charge in [0.15, 0.2) is 0 Å². The van der Waals surface area contributed by atoms with Crippen LogP contribution in [-0.2, 0) is 9.45 Å². The van der Waals surface area contributed by atoms with Gasteiger partial charge in [0, 0.05) is 6.04 Å². The predicted molar refractivity (Wildman–Crippen MR) is 65.1 cm³/mol. The lowest BCUT2D eigenvalue weighted by atomic mass is 9.94. The fourth-order valence-electron chi connectivity index (χ4n) is 2.33. The minimum Gasteiger partial charge on any atom is -0.543 e. The smallest absolute Gasteiger partial charge is 0.378 e. The lowest BCUT2D eigenvalue weighted by molar-refractivity contribution is -0.139. The van der Waals surface area contributed by atoms with E-state index in [2.05, 4.69) is 16.9 Å². The van der Waals surface area contributed by atoms with Crippen molar-refractivity contribution < 1.29 is 9.45 Å². The van der Waals surface area contributed by atoms with E-state index < -0.39 is 0 Å². The molecule has 2 atom stereocenters. The third kappa shape index (κ3) is 4.56. The first kappa shape index (κ1) is 13.6. The lowest BCUT2D eigenvalue weighted by Crippen LogP contribution is -2.24. The Balaban J connectivity index is 2.27. The van der Waals surface area contributed by atoms with Gasteiger partial charge < -0.3 is 9.97 Å². The molecule has 1 N–H and O–H groups in total. The van der Waals surface area contributed by atoms with Gasteiger partial charge in [0.1, 0.15) is 0 Å². The van der Waals surface area contributed by atoms with Crippen molar-refractivity contribution in [3.8, 4) is 0 Å². The van der Waals surface area contributed by atoms with E-state index in [1.807, 2.05) is 0 Å². The monoisotopic (exact) mass is 223 g/mol. The summed E-state index contributed by atoms with van der Waals surface area (Å²) in [7, 11) is 4.96. The van der Waals surface area contributed by atoms with Crippen LogP contribution >= 0.6 is 0 Å². The lowest BCUT2D eigenvalue weighted by Gasteiger charge is -2.17. The molecule has 1 fully saturated rings. The Morgan fingerprint density at radius 1 is 1.56 bits per heavy atom. The normalized spacial score (nSPS) is 21.9. The van der Waals surface area contributed by atoms with Crippen LogP contribution in [0.5, 0.6) is 0 Å². The van der Waals surface area contributed by atoms with Gasteiger partial charge >= 0.3 is 8.05 Å². The minimum absolute atomic E-state index is 0.00708. The van der Waals surface area contributed by atoms with Gasteiger partial charge in [-0.1, -0.05) is 19.8 Å². The van der Waals surface area contributed by atoms with Gasteiger partial charge in [-0.15, -0.1) is 0 Å². The fourth-order valence-corrected chi connectivity index (χ4v) is 2.33. The molecule has 1 aliphatic rings. The molecule has 0 saturated carbocycles. The van der Waals surface area contributed by atoms with Gasteiger partial charge in [-0.25, -0.2) is 0 Å². The maximum absolute atomic E-state index is 11.5. The Labute approximate surface area is 99.8 Å². The molecule has 0 aromatic rings. The van der Waals surface area contributed by atoms with Gasteiger partial charge in [-0.2, -0.15) is 0 Å². The van der Waals surface area contributed by atoms with E-state index in [4.69, 9.17) is 8.05 Å². The molecule has 0 aromatic heterocycles. The van der Waals surface area contributed by atoms with Crippen LogP contribution in [-0.4, -0.2) is 26.6 Å². The Kier molecular flexibility index (Phi) is 6.54. The van der Waals surface area contributed by atoms with Crippen molar-refractivity contribution in [3.63, 3.8) is 0 Å². The van der Waals surface area contributed by atoms with Crippen LogP contribution < -0.4 is 5.32 Å². The van der Waals surface area contributed by atoms with Crippen LogP contribution in [0.1, 0.15) is 51.9 Å². The molecule has 1 saturated heterocycles. The Bertz CT molecular complexity index is 205. The molecule has 0 aliphatic carbocycles. The average Bonchev–Trinajstić information content (AvgIpc) is 2.81. The van der Waals surface area contributed by atoms with Gasteiger partial charge in [0.2, 0.25) is 0 Å². The summed E-state index contributed by atoms with van der Waals surface area (Å²) < 4.78 is 4.37. The van der Waals surface area contributed by atoms with Crippen LogP contribution in [0, 0.1) is 5.92 Å². The van der Waals surface area contributed by atoms with Crippen molar-refractivity contribution >= 4 is 14.0 Å². The van der Waals surface area contributed by atoms with Crippen molar-refractivity contribution in [1.29, 1.82) is 0 Å². The number of rotatable bonds is 7. The first-order valence-corrected chi connectivity index (χ1v) is 6.41. The molecule has 1 aliphatic heterocycles. The Morgan fingerprint density at radius 3 is 2.94 bits per heavy atom. The topological polar surface area (TPSA) is 38.3 Å². The summed E-state index contributed by atoms with van der Waals surface area (Å²) in [6.07, 6.45) is 7.52. The van der Waals surface area contributed by atoms with E-state index in [1.54, 1.807) is 0 Å². The highest BCUT2D eigenvalue weighted by atomic mass is 16.5. The first-order chi connectivity index (χ1) is 7.77. The quantitative estimate of drug-likeness (QED) is 0.670. The molecule has 90 valence electrons. The summed E-state index contributed by atoms with van der Waals surface area (Å²) in [5, 5.41) is 3.44. The number of carbonyl (C=O) groups excluding carboxylic acids is 1. The molecule has 1 unspecified atom stereocenters. The third-order valence-electron chi connectivity index (χ3n) is 3.38. The van der Waals surface area contributed by atoms with Crippen LogP contribution in [0.2, 0.25) is 0 Å². The molecule has 0 bridgehead atoms. The third-order valence-corrected chi connectivity index (χ3v) is 3.38. The van der Waals surface area contributed by atoms with Gasteiger partial charge in [-0.3, -0.25) is 4.79 Å². The predicted octanol–water partition coefficient (Wildman–Crippen LogP) is 1.95. The molecule has 0 aromatic carbocycles. The second kappa shape index (κ2) is 7.72. The Morgan fingerprint density at radius 2 is 2.38 bits per heavy atom. The maximum atomic E-state index is 11.5. The van der Waals surface area contributed by atoms with Crippen LogP contribution in [0.4, 0.5) is 0 Å². The number of hydrogen-bond donors (Lipinski definition) is 1. The average molecular weight is 223 g/mol. The highest BCUT2D eigenvalue weighted by molar-refractivity contribution is 6.05. The van der Waals surface area contributed by atoms with Gasteiger partial charge in [0.05, 0.1) is 5.92 Å². The van der Waals surface area contributed by atoms with E-state index in [1.165, 1.54) is 12.8 Å². The zero-order chi connectivity index (χ0) is 11.8. The van der Waals surface area contributed by atoms with Crippen molar-refractivity contribution in [1.82, 2.24) is 5.32 Å². The summed E-state index contributed by atoms with van der Waals surface area (Å²) in [6, 6.07) is 0.592. The van der Waals surface area contributed by atoms with Crippen LogP contribution in [0.3, 0.4) is 0 Å². The molecule has 0 spiro atoms. The van der Waals surface area contributed by atoms with Crippen molar-refractivity contribution in [2.45, 2.75) is 57.9 Å². The summed E-state index contributed by atoms with van der Waals surface area (Å²) in [5.74, 6) is -0.251. The number of nitrogens with one attached hydrogen (secondary N) is 1. The van der Waals surface area contributed by atoms with E-state index in [9.17, 15) is 4.79 Å². The molecular weight excluding hydrogens is 201 g/mol. The molecule has 4 heteroatoms. The van der Waals surface area contributed by atoms with Crippen molar-refractivity contribution in [3.05, 3.63) is 0 Å². The van der Waals surface area contributed by atoms with E-state index >= 15 is 0 Å². The summed E-state index contributed by atoms with van der Waals surface area (Å²) in [5.41, 5.74) is 0. The second-order valence-electron chi connectivity index (χ2n) is 4.65. The molecule has 16 heavy (non-hydrogen) atoms. The van der Waals surface area contributed by atoms with Crippen LogP contribution in [0.15, 0.2) is 0 Å². The molecule has 1 heterocycles. The fraction of sp³-hybridized carbons (Fsp3) is 0.917. The highest BCUT2D eigenvalue weighted by Gasteiger charge is 2.21. The molecule has 3 nitrogen and oxygen atoms in total. The minimum atomic E-state index is -0.244. The molecule has 2 radical (unpaired) electrons. The summed E-state index contributed by atoms with van der Waals surface area (Å²) in [4.78, 5) is 11.5. The maximum Gasteiger partial charge on any atom is 0.378 e. The highest BCUT2D eigenvalue weighted by Crippen LogP contribution is 2.20. The van der Waals surface area contributed by atoms with Gasteiger partial charge in [0.25, 0.3) is 5.97 Å². The number of carbonyl (C=O) groups is 1. The second-order valence-corrected chi connectivity index (χ2v) is 4.65. The van der Waals surface area contributed by atoms with Crippen molar-refractivity contribution in [2.24, 2.45) is 5.92 Å². The zero-order valence-corrected chi connectivity index (χ0v) is 10.2. The molecular formula is C12H22BNO2. The SMILES string of the molecule is [B]OC(=O)C(CCCC)CC[C@@H]1CCCN1. The number of unbranched alkanes of at least 4 members (excludes halogenated alkanes) is 1. The summed E-state index contributed by atoms with van der Waals surface area (Å²) in [6.45, 7) is 3.25. The molecule has 1 rings (SSSR count). The Hall–Kier alpha value is -0.505. The van der Waals surface area contributed by atoms with E-state index in [0.717, 1.165) is 38.6 Å².